The van der Waals surface area contributed by atoms with Crippen LogP contribution in [0, 0.1) is 12.8 Å². The number of hydrogen-bond acceptors (Lipinski definition) is 5. The highest BCUT2D eigenvalue weighted by Crippen LogP contribution is 2.35. The highest BCUT2D eigenvalue weighted by molar-refractivity contribution is 7.18. The Labute approximate surface area is 154 Å². The fourth-order valence-corrected chi connectivity index (χ4v) is 4.75. The minimum absolute atomic E-state index is 0.142. The summed E-state index contributed by atoms with van der Waals surface area (Å²) in [6, 6.07) is 7.53. The van der Waals surface area contributed by atoms with Crippen molar-refractivity contribution in [2.45, 2.75) is 39.7 Å². The topological polar surface area (TPSA) is 76.9 Å². The number of para-hydroxylation sites is 1. The molecule has 7 heteroatoms. The van der Waals surface area contributed by atoms with Gasteiger partial charge in [0.15, 0.2) is 4.83 Å². The van der Waals surface area contributed by atoms with E-state index in [0.717, 1.165) is 36.1 Å². The highest BCUT2D eigenvalue weighted by atomic mass is 32.1. The van der Waals surface area contributed by atoms with Gasteiger partial charge in [-0.05, 0) is 49.3 Å². The van der Waals surface area contributed by atoms with Crippen LogP contribution in [0.15, 0.2) is 29.1 Å². The van der Waals surface area contributed by atoms with E-state index in [1.807, 2.05) is 31.2 Å². The third-order valence-corrected chi connectivity index (χ3v) is 6.04. The number of benzene rings is 1. The quantitative estimate of drug-likeness (QED) is 0.771. The molecule has 2 heterocycles. The smallest absolute Gasteiger partial charge is 0.279 e. The van der Waals surface area contributed by atoms with Crippen LogP contribution in [0.5, 0.6) is 0 Å². The molecule has 0 saturated carbocycles. The fourth-order valence-electron chi connectivity index (χ4n) is 3.43. The normalized spacial score (nSPS) is 16.5. The number of hydrogen-bond donors (Lipinski definition) is 1. The van der Waals surface area contributed by atoms with Gasteiger partial charge in [-0.25, -0.2) is 4.68 Å². The zero-order chi connectivity index (χ0) is 18.3. The summed E-state index contributed by atoms with van der Waals surface area (Å²) in [5.74, 6) is 0.346. The van der Waals surface area contributed by atoms with Crippen LogP contribution in [0.25, 0.3) is 10.2 Å². The van der Waals surface area contributed by atoms with Crippen molar-refractivity contribution in [2.24, 2.45) is 5.92 Å². The molecule has 0 bridgehead atoms. The number of carbonyl (C=O) groups excluding carboxylic acids is 1. The second-order valence-corrected chi connectivity index (χ2v) is 8.03. The Morgan fingerprint density at radius 3 is 3.00 bits per heavy atom. The third kappa shape index (κ3) is 3.03. The number of thiophene rings is 1. The summed E-state index contributed by atoms with van der Waals surface area (Å²) >= 11 is 1.56. The molecular weight excluding hydrogens is 348 g/mol. The molecule has 0 fully saturated rings. The Morgan fingerprint density at radius 2 is 2.19 bits per heavy atom. The van der Waals surface area contributed by atoms with Gasteiger partial charge in [-0.2, -0.15) is 0 Å². The molecule has 0 unspecified atom stereocenters. The molecule has 4 rings (SSSR count). The lowest BCUT2D eigenvalue weighted by Crippen LogP contribution is -2.30. The lowest BCUT2D eigenvalue weighted by Gasteiger charge is -2.17. The maximum Gasteiger partial charge on any atom is 0.279 e. The largest absolute Gasteiger partial charge is 0.324 e. The highest BCUT2D eigenvalue weighted by Gasteiger charge is 2.24. The van der Waals surface area contributed by atoms with Crippen LogP contribution in [0.3, 0.4) is 0 Å². The third-order valence-electron chi connectivity index (χ3n) is 4.90. The van der Waals surface area contributed by atoms with E-state index in [1.165, 1.54) is 9.56 Å². The molecule has 0 radical (unpaired) electrons. The van der Waals surface area contributed by atoms with E-state index in [9.17, 15) is 9.59 Å². The maximum absolute atomic E-state index is 12.9. The van der Waals surface area contributed by atoms with E-state index in [4.69, 9.17) is 0 Å². The van der Waals surface area contributed by atoms with Crippen LogP contribution < -0.4 is 10.9 Å². The Bertz CT molecular complexity index is 1050. The van der Waals surface area contributed by atoms with Crippen LogP contribution in [-0.2, 0) is 24.2 Å². The van der Waals surface area contributed by atoms with Gasteiger partial charge in [-0.1, -0.05) is 30.3 Å². The number of aryl methyl sites for hydroxylation is 2. The molecule has 26 heavy (non-hydrogen) atoms. The molecule has 3 aromatic rings. The van der Waals surface area contributed by atoms with E-state index in [0.29, 0.717) is 16.1 Å². The first-order chi connectivity index (χ1) is 12.5. The summed E-state index contributed by atoms with van der Waals surface area (Å²) in [7, 11) is 0. The van der Waals surface area contributed by atoms with Crippen molar-refractivity contribution >= 4 is 33.1 Å². The second kappa shape index (κ2) is 6.64. The van der Waals surface area contributed by atoms with Crippen LogP contribution in [-0.4, -0.2) is 20.9 Å². The maximum atomic E-state index is 12.9. The first kappa shape index (κ1) is 16.9. The standard InChI is InChI=1S/C19H20N4O2S/c1-11-7-8-13-15(9-11)26-18-17(13)19(25)23(22-21-18)10-16(24)20-14-6-4-3-5-12(14)2/h3-6,11H,7-10H2,1-2H3,(H,20,24)/t11-/m0/s1. The Morgan fingerprint density at radius 1 is 1.38 bits per heavy atom. The van der Waals surface area contributed by atoms with Gasteiger partial charge in [0, 0.05) is 10.6 Å². The summed E-state index contributed by atoms with van der Waals surface area (Å²) in [4.78, 5) is 27.2. The van der Waals surface area contributed by atoms with Crippen molar-refractivity contribution in [1.82, 2.24) is 15.0 Å². The number of aromatic nitrogens is 3. The van der Waals surface area contributed by atoms with Gasteiger partial charge in [0.05, 0.1) is 5.39 Å². The van der Waals surface area contributed by atoms with Crippen molar-refractivity contribution in [3.63, 3.8) is 0 Å². The molecule has 134 valence electrons. The summed E-state index contributed by atoms with van der Waals surface area (Å²) < 4.78 is 1.17. The predicted molar refractivity (Wildman–Crippen MR) is 103 cm³/mol. The summed E-state index contributed by atoms with van der Waals surface area (Å²) in [6.07, 6.45) is 2.96. The molecule has 1 N–H and O–H groups in total. The number of fused-ring (bicyclic) bond motifs is 3. The van der Waals surface area contributed by atoms with Gasteiger partial charge in [0.1, 0.15) is 6.54 Å². The molecular formula is C19H20N4O2S. The number of amides is 1. The summed E-state index contributed by atoms with van der Waals surface area (Å²) in [6.45, 7) is 4.01. The zero-order valence-corrected chi connectivity index (χ0v) is 15.6. The first-order valence-electron chi connectivity index (χ1n) is 8.76. The van der Waals surface area contributed by atoms with E-state index in [2.05, 4.69) is 22.6 Å². The average Bonchev–Trinajstić information content (AvgIpc) is 2.97. The lowest BCUT2D eigenvalue weighted by molar-refractivity contribution is -0.117. The van der Waals surface area contributed by atoms with Gasteiger partial charge in [-0.15, -0.1) is 16.4 Å². The van der Waals surface area contributed by atoms with Crippen molar-refractivity contribution in [1.29, 1.82) is 0 Å². The van der Waals surface area contributed by atoms with Gasteiger partial charge in [0.2, 0.25) is 5.91 Å². The Hall–Kier alpha value is -2.54. The molecule has 0 aliphatic heterocycles. The molecule has 0 spiro atoms. The fraction of sp³-hybridized carbons (Fsp3) is 0.368. The van der Waals surface area contributed by atoms with Crippen molar-refractivity contribution in [3.05, 3.63) is 50.6 Å². The van der Waals surface area contributed by atoms with Crippen LogP contribution >= 0.6 is 11.3 Å². The van der Waals surface area contributed by atoms with Crippen LogP contribution in [0.4, 0.5) is 5.69 Å². The van der Waals surface area contributed by atoms with Gasteiger partial charge in [-0.3, -0.25) is 9.59 Å². The monoisotopic (exact) mass is 368 g/mol. The molecule has 1 aliphatic rings. The summed E-state index contributed by atoms with van der Waals surface area (Å²) in [5, 5.41) is 11.7. The number of anilines is 1. The van der Waals surface area contributed by atoms with Crippen molar-refractivity contribution in [3.8, 4) is 0 Å². The minimum Gasteiger partial charge on any atom is -0.324 e. The van der Waals surface area contributed by atoms with Crippen molar-refractivity contribution in [2.75, 3.05) is 5.32 Å². The van der Waals surface area contributed by atoms with Gasteiger partial charge < -0.3 is 5.32 Å². The van der Waals surface area contributed by atoms with E-state index < -0.39 is 0 Å². The predicted octanol–water partition coefficient (Wildman–Crippen LogP) is 2.92. The molecule has 0 saturated heterocycles. The van der Waals surface area contributed by atoms with E-state index >= 15 is 0 Å². The molecule has 2 aromatic heterocycles. The minimum atomic E-state index is -0.284. The molecule has 1 atom stereocenters. The average molecular weight is 368 g/mol. The van der Waals surface area contributed by atoms with E-state index in [1.54, 1.807) is 11.3 Å². The number of nitrogens with zero attached hydrogens (tertiary/aromatic N) is 3. The second-order valence-electron chi connectivity index (χ2n) is 6.95. The van der Waals surface area contributed by atoms with Crippen LogP contribution in [0.2, 0.25) is 0 Å². The molecule has 1 aromatic carbocycles. The van der Waals surface area contributed by atoms with Crippen LogP contribution in [0.1, 0.15) is 29.3 Å². The SMILES string of the molecule is Cc1ccccc1NC(=O)Cn1nnc2sc3c(c2c1=O)CC[C@H](C)C3. The number of rotatable bonds is 3. The van der Waals surface area contributed by atoms with Gasteiger partial charge in [0.25, 0.3) is 5.56 Å². The molecule has 6 nitrogen and oxygen atoms in total. The molecule has 1 aliphatic carbocycles. The number of nitrogens with one attached hydrogen (secondary N) is 1. The van der Waals surface area contributed by atoms with Crippen molar-refractivity contribution < 1.29 is 4.79 Å². The molecule has 1 amide bonds. The van der Waals surface area contributed by atoms with E-state index in [-0.39, 0.29) is 18.0 Å². The first-order valence-corrected chi connectivity index (χ1v) is 9.58. The summed E-state index contributed by atoms with van der Waals surface area (Å²) in [5.41, 5.74) is 2.59. The number of carbonyl (C=O) groups is 1. The zero-order valence-electron chi connectivity index (χ0n) is 14.8. The lowest BCUT2D eigenvalue weighted by atomic mass is 9.89. The van der Waals surface area contributed by atoms with Gasteiger partial charge >= 0.3 is 0 Å². The Balaban J connectivity index is 1.63. The Kier molecular flexibility index (Phi) is 4.32.